The lowest BCUT2D eigenvalue weighted by molar-refractivity contribution is 0.678. The molecular formula is C14H19N3S. The number of rotatable bonds is 4. The van der Waals surface area contributed by atoms with Crippen molar-refractivity contribution in [3.05, 3.63) is 40.2 Å². The van der Waals surface area contributed by atoms with E-state index in [0.717, 1.165) is 23.6 Å². The van der Waals surface area contributed by atoms with Crippen molar-refractivity contribution < 1.29 is 0 Å². The van der Waals surface area contributed by atoms with Gasteiger partial charge in [-0.25, -0.2) is 4.98 Å². The van der Waals surface area contributed by atoms with E-state index >= 15 is 0 Å². The topological polar surface area (TPSA) is 42.2 Å². The number of nitrogen functional groups attached to an aromatic ring is 1. The first kappa shape index (κ1) is 12.9. The molecule has 2 aromatic heterocycles. The van der Waals surface area contributed by atoms with Crippen LogP contribution in [-0.2, 0) is 6.54 Å². The van der Waals surface area contributed by atoms with Gasteiger partial charge in [-0.1, -0.05) is 6.07 Å². The Hall–Kier alpha value is -1.55. The van der Waals surface area contributed by atoms with Gasteiger partial charge in [0.05, 0.1) is 12.2 Å². The summed E-state index contributed by atoms with van der Waals surface area (Å²) in [5, 5.41) is 2.10. The third-order valence-electron chi connectivity index (χ3n) is 2.83. The fraction of sp³-hybridized carbons (Fsp3) is 0.357. The first-order valence-corrected chi connectivity index (χ1v) is 6.97. The molecule has 2 heterocycles. The molecule has 2 N–H and O–H groups in total. The van der Waals surface area contributed by atoms with Crippen molar-refractivity contribution in [3.63, 3.8) is 0 Å². The maximum Gasteiger partial charge on any atom is 0.152 e. The SMILES string of the molecule is Cc1cnc(N(Cc2cccs2)C(C)C)c(N)c1. The smallest absolute Gasteiger partial charge is 0.152 e. The fourth-order valence-corrected chi connectivity index (χ4v) is 2.60. The van der Waals surface area contributed by atoms with Gasteiger partial charge in [-0.3, -0.25) is 0 Å². The minimum atomic E-state index is 0.365. The van der Waals surface area contributed by atoms with E-state index in [-0.39, 0.29) is 0 Å². The van der Waals surface area contributed by atoms with Gasteiger partial charge >= 0.3 is 0 Å². The van der Waals surface area contributed by atoms with E-state index in [1.807, 2.05) is 19.2 Å². The molecule has 0 aliphatic carbocycles. The van der Waals surface area contributed by atoms with Gasteiger partial charge < -0.3 is 10.6 Å². The zero-order valence-electron chi connectivity index (χ0n) is 11.1. The average Bonchev–Trinajstić information content (AvgIpc) is 2.79. The van der Waals surface area contributed by atoms with Gasteiger partial charge in [0.25, 0.3) is 0 Å². The first-order chi connectivity index (χ1) is 8.58. The Labute approximate surface area is 112 Å². The molecular weight excluding hydrogens is 242 g/mol. The van der Waals surface area contributed by atoms with Crippen molar-refractivity contribution in [2.45, 2.75) is 33.4 Å². The maximum atomic E-state index is 6.09. The zero-order valence-corrected chi connectivity index (χ0v) is 11.9. The highest BCUT2D eigenvalue weighted by Gasteiger charge is 2.15. The lowest BCUT2D eigenvalue weighted by atomic mass is 10.2. The molecule has 0 unspecified atom stereocenters. The normalized spacial score (nSPS) is 10.9. The third-order valence-corrected chi connectivity index (χ3v) is 3.69. The van der Waals surface area contributed by atoms with Gasteiger partial charge in [-0.05, 0) is 43.8 Å². The van der Waals surface area contributed by atoms with Gasteiger partial charge in [0, 0.05) is 17.1 Å². The predicted molar refractivity (Wildman–Crippen MR) is 79.0 cm³/mol. The van der Waals surface area contributed by atoms with Crippen LogP contribution in [0.1, 0.15) is 24.3 Å². The predicted octanol–water partition coefficient (Wildman–Crippen LogP) is 3.45. The number of aryl methyl sites for hydroxylation is 1. The molecule has 0 aromatic carbocycles. The van der Waals surface area contributed by atoms with Crippen LogP contribution in [0.2, 0.25) is 0 Å². The van der Waals surface area contributed by atoms with E-state index in [2.05, 4.69) is 41.2 Å². The van der Waals surface area contributed by atoms with Crippen LogP contribution < -0.4 is 10.6 Å². The van der Waals surface area contributed by atoms with Crippen LogP contribution in [0.5, 0.6) is 0 Å². The fourth-order valence-electron chi connectivity index (χ4n) is 1.90. The Morgan fingerprint density at radius 2 is 2.22 bits per heavy atom. The molecule has 2 aromatic rings. The molecule has 0 radical (unpaired) electrons. The van der Waals surface area contributed by atoms with Crippen LogP contribution in [-0.4, -0.2) is 11.0 Å². The van der Waals surface area contributed by atoms with Crippen LogP contribution in [0.4, 0.5) is 11.5 Å². The Balaban J connectivity index is 2.29. The highest BCUT2D eigenvalue weighted by atomic mass is 32.1. The molecule has 0 saturated carbocycles. The average molecular weight is 261 g/mol. The first-order valence-electron chi connectivity index (χ1n) is 6.09. The summed E-state index contributed by atoms with van der Waals surface area (Å²) in [5.41, 5.74) is 7.93. The number of nitrogens with two attached hydrogens (primary N) is 1. The summed E-state index contributed by atoms with van der Waals surface area (Å²) in [6, 6.07) is 6.56. The van der Waals surface area contributed by atoms with Crippen molar-refractivity contribution in [1.82, 2.24) is 4.98 Å². The molecule has 0 atom stereocenters. The van der Waals surface area contributed by atoms with E-state index in [1.165, 1.54) is 4.88 Å². The van der Waals surface area contributed by atoms with Crippen LogP contribution >= 0.6 is 11.3 Å². The third kappa shape index (κ3) is 2.82. The molecule has 0 bridgehead atoms. The second-order valence-electron chi connectivity index (χ2n) is 4.73. The number of hydrogen-bond donors (Lipinski definition) is 1. The number of anilines is 2. The Bertz CT molecular complexity index is 506. The van der Waals surface area contributed by atoms with Crippen molar-refractivity contribution in [1.29, 1.82) is 0 Å². The summed E-state index contributed by atoms with van der Waals surface area (Å²) in [5.74, 6) is 0.879. The summed E-state index contributed by atoms with van der Waals surface area (Å²) in [4.78, 5) is 8.05. The number of hydrogen-bond acceptors (Lipinski definition) is 4. The summed E-state index contributed by atoms with van der Waals surface area (Å²) in [6.45, 7) is 7.19. The van der Waals surface area contributed by atoms with E-state index < -0.39 is 0 Å². The van der Waals surface area contributed by atoms with Gasteiger partial charge in [0.1, 0.15) is 0 Å². The van der Waals surface area contributed by atoms with Crippen molar-refractivity contribution in [2.24, 2.45) is 0 Å². The second kappa shape index (κ2) is 5.40. The molecule has 4 heteroatoms. The van der Waals surface area contributed by atoms with Crippen LogP contribution in [0, 0.1) is 6.92 Å². The molecule has 96 valence electrons. The monoisotopic (exact) mass is 261 g/mol. The maximum absolute atomic E-state index is 6.09. The molecule has 2 rings (SSSR count). The summed E-state index contributed by atoms with van der Waals surface area (Å²) in [6.07, 6.45) is 1.87. The Kier molecular flexibility index (Phi) is 3.87. The summed E-state index contributed by atoms with van der Waals surface area (Å²) in [7, 11) is 0. The van der Waals surface area contributed by atoms with E-state index in [1.54, 1.807) is 11.3 Å². The number of nitrogens with zero attached hydrogens (tertiary/aromatic N) is 2. The molecule has 0 saturated heterocycles. The largest absolute Gasteiger partial charge is 0.396 e. The molecule has 3 nitrogen and oxygen atoms in total. The molecule has 0 aliphatic heterocycles. The number of thiophene rings is 1. The van der Waals surface area contributed by atoms with Gasteiger partial charge in [0.2, 0.25) is 0 Å². The number of pyridine rings is 1. The molecule has 18 heavy (non-hydrogen) atoms. The molecule has 0 aliphatic rings. The Morgan fingerprint density at radius 3 is 2.78 bits per heavy atom. The highest BCUT2D eigenvalue weighted by Crippen LogP contribution is 2.25. The molecule has 0 fully saturated rings. The Morgan fingerprint density at radius 1 is 1.44 bits per heavy atom. The summed E-state index contributed by atoms with van der Waals surface area (Å²) < 4.78 is 0. The van der Waals surface area contributed by atoms with E-state index in [0.29, 0.717) is 6.04 Å². The van der Waals surface area contributed by atoms with Crippen LogP contribution in [0.3, 0.4) is 0 Å². The lowest BCUT2D eigenvalue weighted by Gasteiger charge is -2.28. The number of aromatic nitrogens is 1. The van der Waals surface area contributed by atoms with E-state index in [4.69, 9.17) is 5.73 Å². The highest BCUT2D eigenvalue weighted by molar-refractivity contribution is 7.09. The van der Waals surface area contributed by atoms with Crippen molar-refractivity contribution >= 4 is 22.8 Å². The molecule has 0 spiro atoms. The van der Waals surface area contributed by atoms with Gasteiger partial charge in [-0.2, -0.15) is 0 Å². The minimum Gasteiger partial charge on any atom is -0.396 e. The van der Waals surface area contributed by atoms with Crippen LogP contribution in [0.15, 0.2) is 29.8 Å². The van der Waals surface area contributed by atoms with Crippen molar-refractivity contribution in [2.75, 3.05) is 10.6 Å². The standard InChI is InChI=1S/C14H19N3S/c1-10(2)17(9-12-5-4-6-18-12)14-13(15)7-11(3)8-16-14/h4-8,10H,9,15H2,1-3H3. The second-order valence-corrected chi connectivity index (χ2v) is 5.76. The molecule has 0 amide bonds. The van der Waals surface area contributed by atoms with Crippen molar-refractivity contribution in [3.8, 4) is 0 Å². The van der Waals surface area contributed by atoms with Crippen LogP contribution in [0.25, 0.3) is 0 Å². The minimum absolute atomic E-state index is 0.365. The quantitative estimate of drug-likeness (QED) is 0.916. The zero-order chi connectivity index (χ0) is 13.1. The van der Waals surface area contributed by atoms with Gasteiger partial charge in [-0.15, -0.1) is 11.3 Å². The summed E-state index contributed by atoms with van der Waals surface area (Å²) >= 11 is 1.76. The van der Waals surface area contributed by atoms with Gasteiger partial charge in [0.15, 0.2) is 5.82 Å². The van der Waals surface area contributed by atoms with E-state index in [9.17, 15) is 0 Å². The lowest BCUT2D eigenvalue weighted by Crippen LogP contribution is -2.31.